The summed E-state index contributed by atoms with van der Waals surface area (Å²) in [5.41, 5.74) is 0.480. The lowest BCUT2D eigenvalue weighted by molar-refractivity contribution is -0.141. The minimum Gasteiger partial charge on any atom is -0.494 e. The second kappa shape index (κ2) is 6.78. The van der Waals surface area contributed by atoms with Gasteiger partial charge < -0.3 is 15.2 Å². The van der Waals surface area contributed by atoms with Crippen LogP contribution in [0.15, 0.2) is 24.3 Å². The maximum atomic E-state index is 11.9. The molecular formula is C14H19NO4. The zero-order valence-electron chi connectivity index (χ0n) is 11.3. The van der Waals surface area contributed by atoms with E-state index >= 15 is 0 Å². The van der Waals surface area contributed by atoms with Crippen LogP contribution >= 0.6 is 0 Å². The summed E-state index contributed by atoms with van der Waals surface area (Å²) in [7, 11) is 0. The Morgan fingerprint density at radius 1 is 1.26 bits per heavy atom. The first-order valence-corrected chi connectivity index (χ1v) is 6.22. The van der Waals surface area contributed by atoms with E-state index in [0.29, 0.717) is 17.9 Å². The monoisotopic (exact) mass is 265 g/mol. The topological polar surface area (TPSA) is 75.6 Å². The Morgan fingerprint density at radius 3 is 2.32 bits per heavy atom. The molecule has 0 spiro atoms. The van der Waals surface area contributed by atoms with E-state index in [1.807, 2.05) is 6.92 Å². The molecule has 5 heteroatoms. The number of carbonyl (C=O) groups is 2. The normalized spacial score (nSPS) is 13.4. The van der Waals surface area contributed by atoms with Gasteiger partial charge in [-0.3, -0.25) is 9.59 Å². The van der Waals surface area contributed by atoms with Crippen LogP contribution in [0.2, 0.25) is 0 Å². The average Bonchev–Trinajstić information content (AvgIpc) is 2.38. The van der Waals surface area contributed by atoms with Gasteiger partial charge in [0.1, 0.15) is 5.75 Å². The van der Waals surface area contributed by atoms with Gasteiger partial charge in [-0.2, -0.15) is 0 Å². The van der Waals surface area contributed by atoms with E-state index in [9.17, 15) is 9.59 Å². The van der Waals surface area contributed by atoms with Crippen molar-refractivity contribution in [3.05, 3.63) is 29.8 Å². The standard InChI is InChI=1S/C14H19NO4/c1-4-19-12-7-5-11(6-8-12)13(16)15-10(3)9(2)14(17)18/h5-10H,4H2,1-3H3,(H,15,16)(H,17,18). The summed E-state index contributed by atoms with van der Waals surface area (Å²) in [5.74, 6) is -1.15. The molecule has 0 aliphatic heterocycles. The van der Waals surface area contributed by atoms with Crippen LogP contribution in [0.5, 0.6) is 5.75 Å². The highest BCUT2D eigenvalue weighted by atomic mass is 16.5. The molecule has 2 unspecified atom stereocenters. The highest BCUT2D eigenvalue weighted by molar-refractivity contribution is 5.94. The third-order valence-electron chi connectivity index (χ3n) is 2.93. The van der Waals surface area contributed by atoms with E-state index in [1.54, 1.807) is 38.1 Å². The molecule has 1 amide bonds. The zero-order valence-corrected chi connectivity index (χ0v) is 11.3. The number of carboxylic acid groups (broad SMARTS) is 1. The molecule has 0 bridgehead atoms. The van der Waals surface area contributed by atoms with Crippen molar-refractivity contribution in [2.75, 3.05) is 6.61 Å². The van der Waals surface area contributed by atoms with Gasteiger partial charge >= 0.3 is 5.97 Å². The molecule has 1 aromatic carbocycles. The molecule has 2 N–H and O–H groups in total. The number of amides is 1. The van der Waals surface area contributed by atoms with E-state index in [1.165, 1.54) is 0 Å². The maximum Gasteiger partial charge on any atom is 0.308 e. The van der Waals surface area contributed by atoms with Crippen molar-refractivity contribution < 1.29 is 19.4 Å². The third kappa shape index (κ3) is 4.28. The molecule has 104 valence electrons. The van der Waals surface area contributed by atoms with Crippen LogP contribution in [0.3, 0.4) is 0 Å². The number of carbonyl (C=O) groups excluding carboxylic acids is 1. The van der Waals surface area contributed by atoms with Gasteiger partial charge in [-0.15, -0.1) is 0 Å². The van der Waals surface area contributed by atoms with Crippen LogP contribution in [-0.4, -0.2) is 29.6 Å². The smallest absolute Gasteiger partial charge is 0.308 e. The van der Waals surface area contributed by atoms with Crippen LogP contribution < -0.4 is 10.1 Å². The molecule has 5 nitrogen and oxygen atoms in total. The Bertz CT molecular complexity index is 441. The molecule has 1 aromatic rings. The van der Waals surface area contributed by atoms with Crippen molar-refractivity contribution >= 4 is 11.9 Å². The second-order valence-electron chi connectivity index (χ2n) is 4.35. The van der Waals surface area contributed by atoms with Crippen molar-refractivity contribution in [2.45, 2.75) is 26.8 Å². The highest BCUT2D eigenvalue weighted by Gasteiger charge is 2.21. The molecule has 0 aliphatic rings. The fourth-order valence-corrected chi connectivity index (χ4v) is 1.50. The number of nitrogens with one attached hydrogen (secondary N) is 1. The average molecular weight is 265 g/mol. The largest absolute Gasteiger partial charge is 0.494 e. The predicted molar refractivity (Wildman–Crippen MR) is 71.3 cm³/mol. The van der Waals surface area contributed by atoms with Crippen LogP contribution in [-0.2, 0) is 4.79 Å². The highest BCUT2D eigenvalue weighted by Crippen LogP contribution is 2.12. The summed E-state index contributed by atoms with van der Waals surface area (Å²) in [6.07, 6.45) is 0. The van der Waals surface area contributed by atoms with Gasteiger partial charge in [0.2, 0.25) is 0 Å². The zero-order chi connectivity index (χ0) is 14.4. The Balaban J connectivity index is 2.65. The first-order valence-electron chi connectivity index (χ1n) is 6.22. The number of benzene rings is 1. The van der Waals surface area contributed by atoms with Gasteiger partial charge in [0, 0.05) is 11.6 Å². The Labute approximate surface area is 112 Å². The molecule has 0 saturated carbocycles. The molecule has 0 heterocycles. The van der Waals surface area contributed by atoms with E-state index in [-0.39, 0.29) is 5.91 Å². The van der Waals surface area contributed by atoms with Crippen molar-refractivity contribution in [3.63, 3.8) is 0 Å². The van der Waals surface area contributed by atoms with Gasteiger partial charge in [0.25, 0.3) is 5.91 Å². The van der Waals surface area contributed by atoms with Crippen molar-refractivity contribution in [2.24, 2.45) is 5.92 Å². The summed E-state index contributed by atoms with van der Waals surface area (Å²) >= 11 is 0. The van der Waals surface area contributed by atoms with Crippen LogP contribution in [0.4, 0.5) is 0 Å². The Morgan fingerprint density at radius 2 is 1.84 bits per heavy atom. The number of rotatable bonds is 6. The third-order valence-corrected chi connectivity index (χ3v) is 2.93. The molecule has 0 saturated heterocycles. The molecule has 0 fully saturated rings. The lowest BCUT2D eigenvalue weighted by atomic mass is 10.0. The molecule has 0 radical (unpaired) electrons. The fraction of sp³-hybridized carbons (Fsp3) is 0.429. The number of hydrogen-bond donors (Lipinski definition) is 2. The number of ether oxygens (including phenoxy) is 1. The van der Waals surface area contributed by atoms with Gasteiger partial charge in [0.15, 0.2) is 0 Å². The van der Waals surface area contributed by atoms with Crippen molar-refractivity contribution in [3.8, 4) is 5.75 Å². The Kier molecular flexibility index (Phi) is 5.36. The van der Waals surface area contributed by atoms with Gasteiger partial charge in [-0.25, -0.2) is 0 Å². The first-order chi connectivity index (χ1) is 8.95. The lowest BCUT2D eigenvalue weighted by Crippen LogP contribution is -2.40. The molecule has 1 rings (SSSR count). The van der Waals surface area contributed by atoms with Gasteiger partial charge in [0.05, 0.1) is 12.5 Å². The molecule has 0 aromatic heterocycles. The number of aliphatic carboxylic acids is 1. The minimum absolute atomic E-state index is 0.288. The van der Waals surface area contributed by atoms with E-state index < -0.39 is 17.9 Å². The predicted octanol–water partition coefficient (Wildman–Crippen LogP) is 1.92. The quantitative estimate of drug-likeness (QED) is 0.824. The molecular weight excluding hydrogens is 246 g/mol. The number of hydrogen-bond acceptors (Lipinski definition) is 3. The second-order valence-corrected chi connectivity index (χ2v) is 4.35. The SMILES string of the molecule is CCOc1ccc(C(=O)NC(C)C(C)C(=O)O)cc1. The maximum absolute atomic E-state index is 11.9. The Hall–Kier alpha value is -2.04. The van der Waals surface area contributed by atoms with E-state index in [0.717, 1.165) is 0 Å². The molecule has 0 aliphatic carbocycles. The van der Waals surface area contributed by atoms with Crippen LogP contribution in [0.25, 0.3) is 0 Å². The number of carboxylic acids is 1. The van der Waals surface area contributed by atoms with Crippen LogP contribution in [0, 0.1) is 5.92 Å². The van der Waals surface area contributed by atoms with Gasteiger partial charge in [-0.05, 0) is 45.0 Å². The lowest BCUT2D eigenvalue weighted by Gasteiger charge is -2.17. The van der Waals surface area contributed by atoms with Crippen molar-refractivity contribution in [1.29, 1.82) is 0 Å². The summed E-state index contributed by atoms with van der Waals surface area (Å²) in [6.45, 7) is 5.69. The molecule has 2 atom stereocenters. The fourth-order valence-electron chi connectivity index (χ4n) is 1.50. The van der Waals surface area contributed by atoms with Crippen LogP contribution in [0.1, 0.15) is 31.1 Å². The first kappa shape index (κ1) is 15.0. The van der Waals surface area contributed by atoms with Crippen molar-refractivity contribution in [1.82, 2.24) is 5.32 Å². The summed E-state index contributed by atoms with van der Waals surface area (Å²) < 4.78 is 5.28. The minimum atomic E-state index is -0.931. The summed E-state index contributed by atoms with van der Waals surface area (Å²) in [6, 6.07) is 6.29. The molecule has 19 heavy (non-hydrogen) atoms. The van der Waals surface area contributed by atoms with Gasteiger partial charge in [-0.1, -0.05) is 0 Å². The van der Waals surface area contributed by atoms with E-state index in [2.05, 4.69) is 5.32 Å². The summed E-state index contributed by atoms with van der Waals surface area (Å²) in [4.78, 5) is 22.7. The van der Waals surface area contributed by atoms with E-state index in [4.69, 9.17) is 9.84 Å². The summed E-state index contributed by atoms with van der Waals surface area (Å²) in [5, 5.41) is 11.5.